The number of carbonyl (C=O) groups excluding carboxylic acids is 1. The standard InChI is InChI=1S/C15H24N2O3S/c1-4-6-12-7-9-13(10-8-12)21(19,20)17-14(15(16)18)11(3)5-2/h7-11,14,17H,4-6H2,1-3H3,(H2,16,18). The quantitative estimate of drug-likeness (QED) is 0.767. The van der Waals surface area contributed by atoms with Gasteiger partial charge < -0.3 is 5.73 Å². The van der Waals surface area contributed by atoms with E-state index >= 15 is 0 Å². The summed E-state index contributed by atoms with van der Waals surface area (Å²) in [6.45, 7) is 5.74. The summed E-state index contributed by atoms with van der Waals surface area (Å²) in [6.07, 6.45) is 2.57. The number of nitrogens with one attached hydrogen (secondary N) is 1. The zero-order valence-corrected chi connectivity index (χ0v) is 13.6. The second kappa shape index (κ2) is 7.56. The maximum absolute atomic E-state index is 12.3. The monoisotopic (exact) mass is 312 g/mol. The highest BCUT2D eigenvalue weighted by Crippen LogP contribution is 2.15. The van der Waals surface area contributed by atoms with E-state index in [4.69, 9.17) is 5.73 Å². The molecule has 0 heterocycles. The number of amides is 1. The molecule has 1 aromatic carbocycles. The predicted molar refractivity (Wildman–Crippen MR) is 83.2 cm³/mol. The van der Waals surface area contributed by atoms with Gasteiger partial charge in [-0.05, 0) is 30.0 Å². The number of hydrogen-bond acceptors (Lipinski definition) is 3. The van der Waals surface area contributed by atoms with E-state index in [2.05, 4.69) is 11.6 Å². The zero-order valence-electron chi connectivity index (χ0n) is 12.8. The number of aryl methyl sites for hydroxylation is 1. The van der Waals surface area contributed by atoms with E-state index in [0.29, 0.717) is 6.42 Å². The van der Waals surface area contributed by atoms with Crippen molar-refractivity contribution in [3.8, 4) is 0 Å². The molecule has 6 heteroatoms. The summed E-state index contributed by atoms with van der Waals surface area (Å²) in [5.41, 5.74) is 6.38. The van der Waals surface area contributed by atoms with Crippen molar-refractivity contribution in [2.45, 2.75) is 51.0 Å². The molecule has 3 N–H and O–H groups in total. The van der Waals surface area contributed by atoms with Crippen LogP contribution in [-0.4, -0.2) is 20.4 Å². The molecule has 0 saturated heterocycles. The van der Waals surface area contributed by atoms with E-state index in [0.717, 1.165) is 18.4 Å². The molecule has 1 aromatic rings. The van der Waals surface area contributed by atoms with Gasteiger partial charge in [-0.25, -0.2) is 8.42 Å². The Morgan fingerprint density at radius 3 is 2.24 bits per heavy atom. The predicted octanol–water partition coefficient (Wildman–Crippen LogP) is 1.82. The SMILES string of the molecule is CCCc1ccc(S(=O)(=O)NC(C(N)=O)C(C)CC)cc1. The van der Waals surface area contributed by atoms with Crippen LogP contribution in [0.4, 0.5) is 0 Å². The fraction of sp³-hybridized carbons (Fsp3) is 0.533. The molecule has 0 aromatic heterocycles. The van der Waals surface area contributed by atoms with Crippen molar-refractivity contribution in [2.75, 3.05) is 0 Å². The van der Waals surface area contributed by atoms with E-state index in [-0.39, 0.29) is 10.8 Å². The lowest BCUT2D eigenvalue weighted by atomic mass is 10.00. The fourth-order valence-electron chi connectivity index (χ4n) is 2.05. The van der Waals surface area contributed by atoms with Crippen LogP contribution in [0.1, 0.15) is 39.2 Å². The third-order valence-electron chi connectivity index (χ3n) is 3.57. The van der Waals surface area contributed by atoms with Gasteiger partial charge in [-0.2, -0.15) is 4.72 Å². The van der Waals surface area contributed by atoms with Crippen LogP contribution in [0.5, 0.6) is 0 Å². The minimum Gasteiger partial charge on any atom is -0.368 e. The van der Waals surface area contributed by atoms with Crippen molar-refractivity contribution in [1.29, 1.82) is 0 Å². The van der Waals surface area contributed by atoms with Crippen LogP contribution in [0.25, 0.3) is 0 Å². The lowest BCUT2D eigenvalue weighted by Gasteiger charge is -2.21. The molecule has 0 spiro atoms. The molecule has 0 fully saturated rings. The van der Waals surface area contributed by atoms with Gasteiger partial charge in [0, 0.05) is 0 Å². The Kier molecular flexibility index (Phi) is 6.36. The van der Waals surface area contributed by atoms with E-state index < -0.39 is 22.0 Å². The third-order valence-corrected chi connectivity index (χ3v) is 5.03. The normalized spacial score (nSPS) is 14.6. The highest BCUT2D eigenvalue weighted by Gasteiger charge is 2.27. The van der Waals surface area contributed by atoms with Crippen LogP contribution in [0.3, 0.4) is 0 Å². The summed E-state index contributed by atoms with van der Waals surface area (Å²) in [7, 11) is -3.74. The Labute approximate surface area is 127 Å². The van der Waals surface area contributed by atoms with E-state index in [9.17, 15) is 13.2 Å². The number of primary amides is 1. The van der Waals surface area contributed by atoms with Crippen LogP contribution in [-0.2, 0) is 21.2 Å². The van der Waals surface area contributed by atoms with Gasteiger partial charge in [-0.1, -0.05) is 45.7 Å². The van der Waals surface area contributed by atoms with Gasteiger partial charge in [-0.3, -0.25) is 4.79 Å². The molecule has 0 radical (unpaired) electrons. The van der Waals surface area contributed by atoms with Gasteiger partial charge in [-0.15, -0.1) is 0 Å². The van der Waals surface area contributed by atoms with Crippen LogP contribution in [0.15, 0.2) is 29.2 Å². The van der Waals surface area contributed by atoms with Crippen LogP contribution in [0, 0.1) is 5.92 Å². The molecule has 0 aliphatic heterocycles. The second-order valence-corrected chi connectivity index (χ2v) is 6.99. The summed E-state index contributed by atoms with van der Waals surface area (Å²) in [5.74, 6) is -0.813. The van der Waals surface area contributed by atoms with Crippen molar-refractivity contribution >= 4 is 15.9 Å². The molecule has 2 unspecified atom stereocenters. The second-order valence-electron chi connectivity index (χ2n) is 5.28. The summed E-state index contributed by atoms with van der Waals surface area (Å²) < 4.78 is 27.0. The number of hydrogen-bond donors (Lipinski definition) is 2. The first kappa shape index (κ1) is 17.7. The smallest absolute Gasteiger partial charge is 0.241 e. The molecule has 1 rings (SSSR count). The van der Waals surface area contributed by atoms with E-state index in [1.165, 1.54) is 0 Å². The Morgan fingerprint density at radius 2 is 1.81 bits per heavy atom. The lowest BCUT2D eigenvalue weighted by Crippen LogP contribution is -2.48. The van der Waals surface area contributed by atoms with Crippen molar-refractivity contribution in [1.82, 2.24) is 4.72 Å². The molecule has 0 aliphatic carbocycles. The van der Waals surface area contributed by atoms with Gasteiger partial charge >= 0.3 is 0 Å². The Hall–Kier alpha value is -1.40. The molecule has 5 nitrogen and oxygen atoms in total. The van der Waals surface area contributed by atoms with Crippen molar-refractivity contribution in [2.24, 2.45) is 11.7 Å². The third kappa shape index (κ3) is 4.82. The molecule has 0 bridgehead atoms. The minimum absolute atomic E-state index is 0.150. The number of benzene rings is 1. The zero-order chi connectivity index (χ0) is 16.0. The van der Waals surface area contributed by atoms with Crippen molar-refractivity contribution in [3.63, 3.8) is 0 Å². The lowest BCUT2D eigenvalue weighted by molar-refractivity contribution is -0.120. The van der Waals surface area contributed by atoms with Gasteiger partial charge in [0.15, 0.2) is 0 Å². The molecule has 1 amide bonds. The molecule has 21 heavy (non-hydrogen) atoms. The van der Waals surface area contributed by atoms with Crippen LogP contribution >= 0.6 is 0 Å². The fourth-order valence-corrected chi connectivity index (χ4v) is 3.36. The largest absolute Gasteiger partial charge is 0.368 e. The van der Waals surface area contributed by atoms with Gasteiger partial charge in [0.05, 0.1) is 4.90 Å². The minimum atomic E-state index is -3.74. The highest BCUT2D eigenvalue weighted by atomic mass is 32.2. The first-order valence-corrected chi connectivity index (χ1v) is 8.70. The van der Waals surface area contributed by atoms with Gasteiger partial charge in [0.2, 0.25) is 15.9 Å². The number of nitrogens with two attached hydrogens (primary N) is 1. The van der Waals surface area contributed by atoms with Crippen molar-refractivity contribution < 1.29 is 13.2 Å². The molecular formula is C15H24N2O3S. The Balaban J connectivity index is 2.96. The first-order chi connectivity index (χ1) is 9.81. The molecule has 0 saturated carbocycles. The van der Waals surface area contributed by atoms with Crippen LogP contribution in [0.2, 0.25) is 0 Å². The molecule has 0 aliphatic rings. The van der Waals surface area contributed by atoms with E-state index in [1.807, 2.05) is 6.92 Å². The Morgan fingerprint density at radius 1 is 1.24 bits per heavy atom. The van der Waals surface area contributed by atoms with E-state index in [1.54, 1.807) is 31.2 Å². The van der Waals surface area contributed by atoms with Gasteiger partial charge in [0.1, 0.15) is 6.04 Å². The van der Waals surface area contributed by atoms with Gasteiger partial charge in [0.25, 0.3) is 0 Å². The summed E-state index contributed by atoms with van der Waals surface area (Å²) in [4.78, 5) is 11.6. The van der Waals surface area contributed by atoms with Crippen LogP contribution < -0.4 is 10.5 Å². The summed E-state index contributed by atoms with van der Waals surface area (Å²) in [6, 6.07) is 5.81. The maximum Gasteiger partial charge on any atom is 0.241 e. The average Bonchev–Trinajstić information content (AvgIpc) is 2.44. The first-order valence-electron chi connectivity index (χ1n) is 7.22. The highest BCUT2D eigenvalue weighted by molar-refractivity contribution is 7.89. The molecule has 118 valence electrons. The summed E-state index contributed by atoms with van der Waals surface area (Å²) >= 11 is 0. The number of sulfonamides is 1. The van der Waals surface area contributed by atoms with Crippen molar-refractivity contribution in [3.05, 3.63) is 29.8 Å². The molecule has 2 atom stereocenters. The number of rotatable bonds is 8. The maximum atomic E-state index is 12.3. The Bertz CT molecular complexity index is 567. The topological polar surface area (TPSA) is 89.3 Å². The average molecular weight is 312 g/mol. The number of carbonyl (C=O) groups is 1. The molecular weight excluding hydrogens is 288 g/mol. The summed E-state index contributed by atoms with van der Waals surface area (Å²) in [5, 5.41) is 0.